The molecule has 1 aliphatic rings. The van der Waals surface area contributed by atoms with Crippen molar-refractivity contribution in [2.24, 2.45) is 0 Å². The van der Waals surface area contributed by atoms with Gasteiger partial charge in [0.05, 0.1) is 22.6 Å². The predicted octanol–water partition coefficient (Wildman–Crippen LogP) is 3.56. The molecule has 8 nitrogen and oxygen atoms in total. The molecule has 0 bridgehead atoms. The zero-order valence-corrected chi connectivity index (χ0v) is 16.2. The number of nitrogens with one attached hydrogen (secondary N) is 2. The van der Waals surface area contributed by atoms with E-state index in [4.69, 9.17) is 0 Å². The molecule has 0 saturated heterocycles. The number of hydrogen-bond acceptors (Lipinski definition) is 7. The SMILES string of the molecule is O=C(Nc1nnc(-c2cccs2)s1)N1CCc2[nH]cnc2C1c1ccccn1. The molecule has 5 heterocycles. The lowest BCUT2D eigenvalue weighted by Gasteiger charge is -2.34. The van der Waals surface area contributed by atoms with Crippen LogP contribution in [0.2, 0.25) is 0 Å². The molecular formula is C18H15N7OS2. The number of urea groups is 1. The van der Waals surface area contributed by atoms with Gasteiger partial charge in [-0.15, -0.1) is 21.5 Å². The Morgan fingerprint density at radius 3 is 3.00 bits per heavy atom. The monoisotopic (exact) mass is 409 g/mol. The number of H-pyrrole nitrogens is 1. The summed E-state index contributed by atoms with van der Waals surface area (Å²) < 4.78 is 0. The standard InChI is InChI=1S/C18H15N7OS2/c26-18(22-17-24-23-16(28-17)13-5-3-9-27-13)25-8-6-11-14(21-10-20-11)15(25)12-4-1-2-7-19-12/h1-5,7,9-10,15H,6,8H2,(H,20,21)(H,22,24,26). The number of pyridine rings is 1. The second-order valence-electron chi connectivity index (χ2n) is 6.19. The molecule has 140 valence electrons. The Hall–Kier alpha value is -3.11. The number of aromatic amines is 1. The fourth-order valence-electron chi connectivity index (χ4n) is 3.27. The van der Waals surface area contributed by atoms with E-state index < -0.39 is 0 Å². The van der Waals surface area contributed by atoms with Crippen LogP contribution in [-0.2, 0) is 6.42 Å². The van der Waals surface area contributed by atoms with Crippen LogP contribution in [0.1, 0.15) is 23.1 Å². The van der Waals surface area contributed by atoms with E-state index in [0.29, 0.717) is 18.1 Å². The molecule has 2 amide bonds. The number of rotatable bonds is 3. The van der Waals surface area contributed by atoms with Crippen molar-refractivity contribution >= 4 is 33.8 Å². The second-order valence-corrected chi connectivity index (χ2v) is 8.11. The summed E-state index contributed by atoms with van der Waals surface area (Å²) in [6.45, 7) is 0.554. The van der Waals surface area contributed by atoms with Crippen LogP contribution in [-0.4, -0.2) is 42.6 Å². The van der Waals surface area contributed by atoms with Crippen molar-refractivity contribution in [3.8, 4) is 9.88 Å². The molecule has 4 aromatic heterocycles. The van der Waals surface area contributed by atoms with Crippen LogP contribution in [0.25, 0.3) is 9.88 Å². The van der Waals surface area contributed by atoms with Gasteiger partial charge in [0.15, 0.2) is 5.01 Å². The molecule has 2 N–H and O–H groups in total. The average Bonchev–Trinajstić information content (AvgIpc) is 3.48. The molecule has 1 unspecified atom stereocenters. The summed E-state index contributed by atoms with van der Waals surface area (Å²) in [4.78, 5) is 27.9. The zero-order chi connectivity index (χ0) is 18.9. The van der Waals surface area contributed by atoms with E-state index in [9.17, 15) is 4.79 Å². The van der Waals surface area contributed by atoms with Crippen LogP contribution >= 0.6 is 22.7 Å². The fourth-order valence-corrected chi connectivity index (χ4v) is 4.79. The van der Waals surface area contributed by atoms with Gasteiger partial charge in [-0.2, -0.15) is 0 Å². The van der Waals surface area contributed by atoms with Crippen molar-refractivity contribution in [2.45, 2.75) is 12.5 Å². The largest absolute Gasteiger partial charge is 0.348 e. The van der Waals surface area contributed by atoms with Crippen LogP contribution in [0.5, 0.6) is 0 Å². The minimum atomic E-state index is -0.346. The number of amides is 2. The highest BCUT2D eigenvalue weighted by atomic mass is 32.1. The lowest BCUT2D eigenvalue weighted by Crippen LogP contribution is -2.43. The average molecular weight is 410 g/mol. The lowest BCUT2D eigenvalue weighted by atomic mass is 10.00. The molecule has 0 saturated carbocycles. The van der Waals surface area contributed by atoms with Gasteiger partial charge in [-0.05, 0) is 23.6 Å². The second kappa shape index (κ2) is 7.13. The Labute approximate surface area is 168 Å². The maximum absolute atomic E-state index is 13.1. The number of fused-ring (bicyclic) bond motifs is 1. The lowest BCUT2D eigenvalue weighted by molar-refractivity contribution is 0.191. The molecule has 1 atom stereocenters. The molecule has 0 aliphatic carbocycles. The molecule has 4 aromatic rings. The van der Waals surface area contributed by atoms with Gasteiger partial charge in [-0.1, -0.05) is 23.5 Å². The Balaban J connectivity index is 1.42. The Kier molecular flexibility index (Phi) is 4.34. The first-order valence-corrected chi connectivity index (χ1v) is 10.4. The molecule has 5 rings (SSSR count). The quantitative estimate of drug-likeness (QED) is 0.539. The van der Waals surface area contributed by atoms with E-state index in [-0.39, 0.29) is 12.1 Å². The number of anilines is 1. The number of thiophene rings is 1. The molecule has 28 heavy (non-hydrogen) atoms. The molecule has 0 aromatic carbocycles. The maximum Gasteiger partial charge on any atom is 0.324 e. The first-order valence-electron chi connectivity index (χ1n) is 8.67. The summed E-state index contributed by atoms with van der Waals surface area (Å²) in [5.41, 5.74) is 2.65. The van der Waals surface area contributed by atoms with Crippen molar-refractivity contribution in [3.63, 3.8) is 0 Å². The number of nitrogens with zero attached hydrogens (tertiary/aromatic N) is 5. The van der Waals surface area contributed by atoms with Crippen LogP contribution in [0.3, 0.4) is 0 Å². The topological polar surface area (TPSA) is 99.7 Å². The highest BCUT2D eigenvalue weighted by Crippen LogP contribution is 2.34. The fraction of sp³-hybridized carbons (Fsp3) is 0.167. The first-order chi connectivity index (χ1) is 13.8. The van der Waals surface area contributed by atoms with Crippen molar-refractivity contribution in [3.05, 3.63) is 65.3 Å². The van der Waals surface area contributed by atoms with Gasteiger partial charge in [0, 0.05) is 24.9 Å². The van der Waals surface area contributed by atoms with Gasteiger partial charge < -0.3 is 9.88 Å². The third-order valence-corrected chi connectivity index (χ3v) is 6.40. The maximum atomic E-state index is 13.1. The number of aromatic nitrogens is 5. The van der Waals surface area contributed by atoms with E-state index in [1.54, 1.807) is 28.8 Å². The van der Waals surface area contributed by atoms with Crippen LogP contribution in [0.4, 0.5) is 9.93 Å². The highest BCUT2D eigenvalue weighted by molar-refractivity contribution is 7.23. The Morgan fingerprint density at radius 2 is 2.18 bits per heavy atom. The van der Waals surface area contributed by atoms with Crippen molar-refractivity contribution in [1.29, 1.82) is 0 Å². The van der Waals surface area contributed by atoms with Gasteiger partial charge in [0.1, 0.15) is 6.04 Å². The van der Waals surface area contributed by atoms with Gasteiger partial charge >= 0.3 is 6.03 Å². The van der Waals surface area contributed by atoms with E-state index >= 15 is 0 Å². The first kappa shape index (κ1) is 17.0. The number of imidazole rings is 1. The predicted molar refractivity (Wildman–Crippen MR) is 107 cm³/mol. The molecule has 1 aliphatic heterocycles. The summed E-state index contributed by atoms with van der Waals surface area (Å²) in [5.74, 6) is 0. The summed E-state index contributed by atoms with van der Waals surface area (Å²) in [6, 6.07) is 9.05. The van der Waals surface area contributed by atoms with Crippen molar-refractivity contribution in [2.75, 3.05) is 11.9 Å². The Bertz CT molecular complexity index is 1090. The minimum absolute atomic E-state index is 0.238. The van der Waals surface area contributed by atoms with E-state index in [0.717, 1.165) is 27.0 Å². The third-order valence-electron chi connectivity index (χ3n) is 4.52. The minimum Gasteiger partial charge on any atom is -0.348 e. The number of carbonyl (C=O) groups is 1. The summed E-state index contributed by atoms with van der Waals surface area (Å²) >= 11 is 2.95. The molecule has 0 spiro atoms. The number of hydrogen-bond donors (Lipinski definition) is 2. The van der Waals surface area contributed by atoms with Crippen LogP contribution < -0.4 is 5.32 Å². The van der Waals surface area contributed by atoms with Crippen molar-refractivity contribution < 1.29 is 4.79 Å². The molecular weight excluding hydrogens is 394 g/mol. The third kappa shape index (κ3) is 3.06. The summed E-state index contributed by atoms with van der Waals surface area (Å²) in [5, 5.41) is 14.4. The van der Waals surface area contributed by atoms with Crippen molar-refractivity contribution in [1.82, 2.24) is 30.0 Å². The van der Waals surface area contributed by atoms with Crippen LogP contribution in [0.15, 0.2) is 48.2 Å². The highest BCUT2D eigenvalue weighted by Gasteiger charge is 2.35. The summed E-state index contributed by atoms with van der Waals surface area (Å²) in [6.07, 6.45) is 4.10. The zero-order valence-electron chi connectivity index (χ0n) is 14.6. The van der Waals surface area contributed by atoms with Gasteiger partial charge in [-0.3, -0.25) is 10.3 Å². The Morgan fingerprint density at radius 1 is 1.21 bits per heavy atom. The van der Waals surface area contributed by atoms with E-state index in [1.807, 2.05) is 35.7 Å². The van der Waals surface area contributed by atoms with Gasteiger partial charge in [0.2, 0.25) is 5.13 Å². The number of carbonyl (C=O) groups excluding carboxylic acids is 1. The smallest absolute Gasteiger partial charge is 0.324 e. The van der Waals surface area contributed by atoms with E-state index in [1.165, 1.54) is 11.3 Å². The molecule has 0 fully saturated rings. The van der Waals surface area contributed by atoms with Gasteiger partial charge in [0.25, 0.3) is 0 Å². The van der Waals surface area contributed by atoms with E-state index in [2.05, 4.69) is 30.5 Å². The normalized spacial score (nSPS) is 16.0. The van der Waals surface area contributed by atoms with Gasteiger partial charge in [-0.25, -0.2) is 9.78 Å². The molecule has 0 radical (unpaired) electrons. The van der Waals surface area contributed by atoms with Crippen LogP contribution in [0, 0.1) is 0 Å². The molecule has 10 heteroatoms. The summed E-state index contributed by atoms with van der Waals surface area (Å²) in [7, 11) is 0.